The van der Waals surface area contributed by atoms with Gasteiger partial charge in [0.1, 0.15) is 9.84 Å². The van der Waals surface area contributed by atoms with Crippen molar-refractivity contribution in [3.8, 4) is 0 Å². The summed E-state index contributed by atoms with van der Waals surface area (Å²) in [7, 11) is -2.88. The lowest BCUT2D eigenvalue weighted by Gasteiger charge is -2.16. The summed E-state index contributed by atoms with van der Waals surface area (Å²) in [5, 5.41) is 0. The Labute approximate surface area is 74.3 Å². The first-order valence-corrected chi connectivity index (χ1v) is 6.16. The van der Waals surface area contributed by atoms with Crippen molar-refractivity contribution in [1.82, 2.24) is 0 Å². The van der Waals surface area contributed by atoms with Crippen molar-refractivity contribution in [1.29, 1.82) is 0 Å². The van der Waals surface area contributed by atoms with E-state index in [0.717, 1.165) is 6.42 Å². The van der Waals surface area contributed by atoms with Crippen LogP contribution in [-0.4, -0.2) is 27.0 Å². The van der Waals surface area contributed by atoms with Crippen molar-refractivity contribution in [3.63, 3.8) is 0 Å². The maximum Gasteiger partial charge on any atom is 0.148 e. The van der Waals surface area contributed by atoms with Gasteiger partial charge in [0.2, 0.25) is 0 Å². The molecule has 3 nitrogen and oxygen atoms in total. The van der Waals surface area contributed by atoms with Crippen molar-refractivity contribution in [2.24, 2.45) is 16.6 Å². The Kier molecular flexibility index (Phi) is 2.04. The standard InChI is InChI=1S/C8H17NO2S/c1-7(2)4-8(7,5-9)6-12(3,10)11/h4-6,9H2,1-3H3. The average Bonchev–Trinajstić information content (AvgIpc) is 2.30. The van der Waals surface area contributed by atoms with Crippen LogP contribution >= 0.6 is 0 Å². The van der Waals surface area contributed by atoms with Gasteiger partial charge in [0.15, 0.2) is 0 Å². The maximum atomic E-state index is 11.1. The minimum absolute atomic E-state index is 0.116. The van der Waals surface area contributed by atoms with E-state index in [2.05, 4.69) is 13.8 Å². The molecule has 0 heterocycles. The van der Waals surface area contributed by atoms with Crippen LogP contribution in [0.25, 0.3) is 0 Å². The van der Waals surface area contributed by atoms with Crippen molar-refractivity contribution < 1.29 is 8.42 Å². The molecule has 12 heavy (non-hydrogen) atoms. The summed E-state index contributed by atoms with van der Waals surface area (Å²) >= 11 is 0. The Balaban J connectivity index is 2.76. The second kappa shape index (κ2) is 2.45. The highest BCUT2D eigenvalue weighted by Gasteiger charge is 2.61. The maximum absolute atomic E-state index is 11.1. The Morgan fingerprint density at radius 3 is 1.92 bits per heavy atom. The van der Waals surface area contributed by atoms with Crippen LogP contribution < -0.4 is 5.73 Å². The zero-order valence-corrected chi connectivity index (χ0v) is 8.74. The smallest absolute Gasteiger partial charge is 0.148 e. The van der Waals surface area contributed by atoms with E-state index in [1.54, 1.807) is 0 Å². The summed E-state index contributed by atoms with van der Waals surface area (Å²) in [6.07, 6.45) is 2.21. The second-order valence-electron chi connectivity index (χ2n) is 4.62. The molecule has 1 atom stereocenters. The Morgan fingerprint density at radius 2 is 1.83 bits per heavy atom. The lowest BCUT2D eigenvalue weighted by Crippen LogP contribution is -2.28. The van der Waals surface area contributed by atoms with Crippen LogP contribution in [0.5, 0.6) is 0 Å². The molecule has 0 aliphatic heterocycles. The Bertz CT molecular complexity index is 281. The van der Waals surface area contributed by atoms with Gasteiger partial charge in [-0.25, -0.2) is 8.42 Å². The number of hydrogen-bond acceptors (Lipinski definition) is 3. The van der Waals surface area contributed by atoms with Crippen LogP contribution in [-0.2, 0) is 9.84 Å². The van der Waals surface area contributed by atoms with E-state index in [-0.39, 0.29) is 16.6 Å². The first kappa shape index (κ1) is 9.99. The molecule has 0 aromatic carbocycles. The van der Waals surface area contributed by atoms with Gasteiger partial charge < -0.3 is 5.73 Å². The summed E-state index contributed by atoms with van der Waals surface area (Å²) < 4.78 is 22.2. The fourth-order valence-corrected chi connectivity index (χ4v) is 3.57. The molecule has 0 radical (unpaired) electrons. The summed E-state index contributed by atoms with van der Waals surface area (Å²) in [5.74, 6) is 0.240. The molecular weight excluding hydrogens is 174 g/mol. The third-order valence-electron chi connectivity index (χ3n) is 3.02. The highest BCUT2D eigenvalue weighted by Crippen LogP contribution is 2.63. The highest BCUT2D eigenvalue weighted by atomic mass is 32.2. The third kappa shape index (κ3) is 1.64. The van der Waals surface area contributed by atoms with Crippen molar-refractivity contribution >= 4 is 9.84 Å². The quantitative estimate of drug-likeness (QED) is 0.702. The van der Waals surface area contributed by atoms with Gasteiger partial charge in [-0.05, 0) is 18.4 Å². The minimum Gasteiger partial charge on any atom is -0.330 e. The number of sulfone groups is 1. The molecule has 0 bridgehead atoms. The van der Waals surface area contributed by atoms with E-state index in [1.165, 1.54) is 6.26 Å². The molecule has 1 aliphatic rings. The summed E-state index contributed by atoms with van der Waals surface area (Å²) in [5.41, 5.74) is 5.56. The number of rotatable bonds is 3. The summed E-state index contributed by atoms with van der Waals surface area (Å²) in [6.45, 7) is 4.63. The van der Waals surface area contributed by atoms with E-state index in [4.69, 9.17) is 5.73 Å². The topological polar surface area (TPSA) is 60.2 Å². The zero-order chi connectivity index (χ0) is 9.62. The molecular formula is C8H17NO2S. The molecule has 4 heteroatoms. The van der Waals surface area contributed by atoms with E-state index >= 15 is 0 Å². The minimum atomic E-state index is -2.88. The molecule has 0 aromatic rings. The van der Waals surface area contributed by atoms with E-state index in [1.807, 2.05) is 0 Å². The number of nitrogens with two attached hydrogens (primary N) is 1. The van der Waals surface area contributed by atoms with Crippen LogP contribution in [0, 0.1) is 10.8 Å². The molecule has 1 unspecified atom stereocenters. The van der Waals surface area contributed by atoms with E-state index in [0.29, 0.717) is 6.54 Å². The van der Waals surface area contributed by atoms with Crippen molar-refractivity contribution in [3.05, 3.63) is 0 Å². The predicted octanol–water partition coefficient (Wildman–Crippen LogP) is 0.406. The molecule has 0 saturated heterocycles. The first-order valence-electron chi connectivity index (χ1n) is 4.10. The zero-order valence-electron chi connectivity index (χ0n) is 7.92. The average molecular weight is 191 g/mol. The molecule has 72 valence electrons. The molecule has 1 fully saturated rings. The second-order valence-corrected chi connectivity index (χ2v) is 6.76. The normalized spacial score (nSPS) is 33.3. The summed E-state index contributed by atoms with van der Waals surface area (Å²) in [6, 6.07) is 0. The van der Waals surface area contributed by atoms with Gasteiger partial charge in [-0.3, -0.25) is 0 Å². The van der Waals surface area contributed by atoms with E-state index < -0.39 is 9.84 Å². The Morgan fingerprint density at radius 1 is 1.42 bits per heavy atom. The van der Waals surface area contributed by atoms with E-state index in [9.17, 15) is 8.42 Å². The van der Waals surface area contributed by atoms with Gasteiger partial charge >= 0.3 is 0 Å². The molecule has 2 N–H and O–H groups in total. The molecule has 1 rings (SSSR count). The first-order chi connectivity index (χ1) is 5.22. The van der Waals surface area contributed by atoms with Gasteiger partial charge in [-0.2, -0.15) is 0 Å². The van der Waals surface area contributed by atoms with Gasteiger partial charge in [0.05, 0.1) is 5.75 Å². The molecule has 0 aromatic heterocycles. The van der Waals surface area contributed by atoms with Crippen LogP contribution in [0.15, 0.2) is 0 Å². The van der Waals surface area contributed by atoms with Gasteiger partial charge in [-0.15, -0.1) is 0 Å². The fourth-order valence-electron chi connectivity index (χ4n) is 1.96. The summed E-state index contributed by atoms with van der Waals surface area (Å²) in [4.78, 5) is 0. The van der Waals surface area contributed by atoms with Gasteiger partial charge in [-0.1, -0.05) is 13.8 Å². The molecule has 0 amide bonds. The third-order valence-corrected chi connectivity index (χ3v) is 4.10. The predicted molar refractivity (Wildman–Crippen MR) is 49.6 cm³/mol. The van der Waals surface area contributed by atoms with Crippen LogP contribution in [0.2, 0.25) is 0 Å². The Hall–Kier alpha value is -0.0900. The number of hydrogen-bond donors (Lipinski definition) is 1. The van der Waals surface area contributed by atoms with Gasteiger partial charge in [0, 0.05) is 11.7 Å². The highest BCUT2D eigenvalue weighted by molar-refractivity contribution is 7.90. The van der Waals surface area contributed by atoms with Crippen molar-refractivity contribution in [2.75, 3.05) is 18.6 Å². The lowest BCUT2D eigenvalue weighted by atomic mass is 9.98. The monoisotopic (exact) mass is 191 g/mol. The van der Waals surface area contributed by atoms with Crippen molar-refractivity contribution in [2.45, 2.75) is 20.3 Å². The largest absolute Gasteiger partial charge is 0.330 e. The SMILES string of the molecule is CC1(C)CC1(CN)CS(C)(=O)=O. The molecule has 0 spiro atoms. The fraction of sp³-hybridized carbons (Fsp3) is 1.00. The molecule has 1 aliphatic carbocycles. The van der Waals surface area contributed by atoms with Crippen LogP contribution in [0.4, 0.5) is 0 Å². The lowest BCUT2D eigenvalue weighted by molar-refractivity contribution is 0.427. The van der Waals surface area contributed by atoms with Gasteiger partial charge in [0.25, 0.3) is 0 Å². The van der Waals surface area contributed by atoms with Crippen LogP contribution in [0.3, 0.4) is 0 Å². The van der Waals surface area contributed by atoms with Crippen LogP contribution in [0.1, 0.15) is 20.3 Å². The molecule has 1 saturated carbocycles.